The standard InChI is InChI=1S/C22H21F4N5O3S/c1-12-8-14(11-31(2)21(12)32)16-9-17(28-10-13-4-6-15(23)7-5-13)18(19(27)22(24,25)26)20(29-16)30-35(3,33)34/h4-9,11,27H,10H2,1-3H3,(H2,28,29,30). The van der Waals surface area contributed by atoms with Crippen molar-refractivity contribution < 1.29 is 26.0 Å². The van der Waals surface area contributed by atoms with Crippen molar-refractivity contribution in [3.05, 3.63) is 75.5 Å². The minimum Gasteiger partial charge on any atom is -0.380 e. The Kier molecular flexibility index (Phi) is 7.01. The lowest BCUT2D eigenvalue weighted by molar-refractivity contribution is -0.0587. The van der Waals surface area contributed by atoms with Crippen LogP contribution in [0.4, 0.5) is 29.1 Å². The summed E-state index contributed by atoms with van der Waals surface area (Å²) in [6, 6.07) is 7.89. The van der Waals surface area contributed by atoms with Gasteiger partial charge < -0.3 is 9.88 Å². The molecule has 13 heteroatoms. The number of rotatable bonds is 7. The molecule has 0 aliphatic heterocycles. The molecule has 0 spiro atoms. The number of anilines is 2. The molecule has 0 aliphatic rings. The van der Waals surface area contributed by atoms with Gasteiger partial charge in [0.15, 0.2) is 5.82 Å². The first-order valence-electron chi connectivity index (χ1n) is 10.0. The summed E-state index contributed by atoms with van der Waals surface area (Å²) in [6.45, 7) is 1.48. The number of aryl methyl sites for hydroxylation is 2. The molecule has 0 amide bonds. The van der Waals surface area contributed by atoms with Crippen molar-refractivity contribution in [2.75, 3.05) is 16.3 Å². The van der Waals surface area contributed by atoms with Crippen LogP contribution in [-0.4, -0.2) is 36.1 Å². The van der Waals surface area contributed by atoms with Gasteiger partial charge in [-0.3, -0.25) is 14.9 Å². The van der Waals surface area contributed by atoms with Crippen LogP contribution in [0.1, 0.15) is 16.7 Å². The number of nitrogens with zero attached hydrogens (tertiary/aromatic N) is 2. The van der Waals surface area contributed by atoms with Crippen molar-refractivity contribution in [1.29, 1.82) is 5.41 Å². The summed E-state index contributed by atoms with van der Waals surface area (Å²) in [5.41, 5.74) is -1.93. The normalized spacial score (nSPS) is 11.9. The second kappa shape index (κ2) is 9.49. The van der Waals surface area contributed by atoms with E-state index in [1.165, 1.54) is 54.2 Å². The van der Waals surface area contributed by atoms with E-state index in [0.29, 0.717) is 16.7 Å². The van der Waals surface area contributed by atoms with Crippen LogP contribution in [-0.2, 0) is 23.6 Å². The number of hydrogen-bond acceptors (Lipinski definition) is 6. The van der Waals surface area contributed by atoms with E-state index < -0.39 is 39.1 Å². The van der Waals surface area contributed by atoms with E-state index in [2.05, 4.69) is 10.3 Å². The molecule has 186 valence electrons. The maximum absolute atomic E-state index is 13.6. The van der Waals surface area contributed by atoms with Crippen molar-refractivity contribution >= 4 is 27.2 Å². The monoisotopic (exact) mass is 511 g/mol. The predicted molar refractivity (Wildman–Crippen MR) is 125 cm³/mol. The highest BCUT2D eigenvalue weighted by molar-refractivity contribution is 7.92. The molecule has 3 N–H and O–H groups in total. The Bertz CT molecular complexity index is 1420. The molecule has 3 rings (SSSR count). The minimum atomic E-state index is -5.11. The van der Waals surface area contributed by atoms with Crippen molar-refractivity contribution in [3.63, 3.8) is 0 Å². The number of alkyl halides is 3. The molecular weight excluding hydrogens is 490 g/mol. The van der Waals surface area contributed by atoms with Gasteiger partial charge in [-0.2, -0.15) is 13.2 Å². The zero-order chi connectivity index (χ0) is 26.1. The average molecular weight is 512 g/mol. The van der Waals surface area contributed by atoms with E-state index in [0.717, 1.165) is 6.26 Å². The van der Waals surface area contributed by atoms with Crippen LogP contribution in [0.2, 0.25) is 0 Å². The van der Waals surface area contributed by atoms with Crippen LogP contribution in [0.3, 0.4) is 0 Å². The SMILES string of the molecule is Cc1cc(-c2cc(NCc3ccc(F)cc3)c(C(=N)C(F)(F)F)c(NS(C)(=O)=O)n2)cn(C)c1=O. The summed E-state index contributed by atoms with van der Waals surface area (Å²) in [5, 5.41) is 10.5. The molecule has 35 heavy (non-hydrogen) atoms. The zero-order valence-corrected chi connectivity index (χ0v) is 19.6. The first-order valence-corrected chi connectivity index (χ1v) is 11.9. The van der Waals surface area contributed by atoms with Crippen molar-refractivity contribution in [1.82, 2.24) is 9.55 Å². The second-order valence-electron chi connectivity index (χ2n) is 7.83. The first-order chi connectivity index (χ1) is 16.2. The lowest BCUT2D eigenvalue weighted by Gasteiger charge is -2.20. The maximum Gasteiger partial charge on any atom is 0.433 e. The largest absolute Gasteiger partial charge is 0.433 e. The van der Waals surface area contributed by atoms with E-state index in [-0.39, 0.29) is 23.5 Å². The molecule has 0 radical (unpaired) electrons. The van der Waals surface area contributed by atoms with Gasteiger partial charge in [0.25, 0.3) is 5.56 Å². The summed E-state index contributed by atoms with van der Waals surface area (Å²) in [7, 11) is -2.61. The molecule has 1 aromatic carbocycles. The Morgan fingerprint density at radius 2 is 1.80 bits per heavy atom. The summed E-state index contributed by atoms with van der Waals surface area (Å²) in [6.07, 6.45) is -2.97. The van der Waals surface area contributed by atoms with Crippen LogP contribution >= 0.6 is 0 Å². The number of benzene rings is 1. The van der Waals surface area contributed by atoms with Gasteiger partial charge in [0, 0.05) is 36.6 Å². The number of pyridine rings is 2. The van der Waals surface area contributed by atoms with Gasteiger partial charge in [0.05, 0.1) is 17.5 Å². The van der Waals surface area contributed by atoms with Gasteiger partial charge in [0.1, 0.15) is 11.5 Å². The fourth-order valence-corrected chi connectivity index (χ4v) is 3.79. The first kappa shape index (κ1) is 25.9. The van der Waals surface area contributed by atoms with Gasteiger partial charge in [-0.15, -0.1) is 0 Å². The molecule has 2 heterocycles. The van der Waals surface area contributed by atoms with Crippen LogP contribution in [0.25, 0.3) is 11.3 Å². The molecule has 8 nitrogen and oxygen atoms in total. The third kappa shape index (κ3) is 6.23. The van der Waals surface area contributed by atoms with E-state index in [4.69, 9.17) is 5.41 Å². The highest BCUT2D eigenvalue weighted by Crippen LogP contribution is 2.35. The lowest BCUT2D eigenvalue weighted by Crippen LogP contribution is -2.27. The van der Waals surface area contributed by atoms with Crippen LogP contribution in [0.5, 0.6) is 0 Å². The van der Waals surface area contributed by atoms with Crippen molar-refractivity contribution in [2.45, 2.75) is 19.6 Å². The topological polar surface area (TPSA) is 117 Å². The number of hydrogen-bond donors (Lipinski definition) is 3. The molecule has 0 saturated carbocycles. The van der Waals surface area contributed by atoms with E-state index in [1.54, 1.807) is 6.92 Å². The number of halogens is 4. The van der Waals surface area contributed by atoms with Gasteiger partial charge >= 0.3 is 6.18 Å². The number of aromatic nitrogens is 2. The Hall–Kier alpha value is -3.74. The molecule has 0 bridgehead atoms. The highest BCUT2D eigenvalue weighted by atomic mass is 32.2. The molecule has 2 aromatic heterocycles. The van der Waals surface area contributed by atoms with Crippen molar-refractivity contribution in [2.24, 2.45) is 7.05 Å². The smallest absolute Gasteiger partial charge is 0.380 e. The van der Waals surface area contributed by atoms with Gasteiger partial charge in [-0.25, -0.2) is 17.8 Å². The summed E-state index contributed by atoms with van der Waals surface area (Å²) in [4.78, 5) is 16.1. The second-order valence-corrected chi connectivity index (χ2v) is 9.58. The van der Waals surface area contributed by atoms with E-state index in [9.17, 15) is 30.8 Å². The van der Waals surface area contributed by atoms with E-state index >= 15 is 0 Å². The average Bonchev–Trinajstić information content (AvgIpc) is 2.74. The Morgan fingerprint density at radius 1 is 1.17 bits per heavy atom. The van der Waals surface area contributed by atoms with Crippen molar-refractivity contribution in [3.8, 4) is 11.3 Å². The summed E-state index contributed by atoms with van der Waals surface area (Å²) in [5.74, 6) is -1.20. The third-order valence-electron chi connectivity index (χ3n) is 4.89. The van der Waals surface area contributed by atoms with Gasteiger partial charge in [0.2, 0.25) is 10.0 Å². The molecule has 0 fully saturated rings. The quantitative estimate of drug-likeness (QED) is 0.330. The number of nitrogens with one attached hydrogen (secondary N) is 3. The Labute approximate surface area is 198 Å². The minimum absolute atomic E-state index is 0.0511. The summed E-state index contributed by atoms with van der Waals surface area (Å²) < 4.78 is 81.0. The molecule has 0 saturated heterocycles. The molecule has 3 aromatic rings. The summed E-state index contributed by atoms with van der Waals surface area (Å²) >= 11 is 0. The molecule has 0 aliphatic carbocycles. The van der Waals surface area contributed by atoms with Crippen LogP contribution < -0.4 is 15.6 Å². The van der Waals surface area contributed by atoms with Crippen LogP contribution in [0.15, 0.2) is 47.4 Å². The zero-order valence-electron chi connectivity index (χ0n) is 18.8. The third-order valence-corrected chi connectivity index (χ3v) is 5.45. The predicted octanol–water partition coefficient (Wildman–Crippen LogP) is 3.81. The lowest BCUT2D eigenvalue weighted by atomic mass is 10.0. The Balaban J connectivity index is 2.25. The van der Waals surface area contributed by atoms with Crippen LogP contribution in [0, 0.1) is 18.2 Å². The van der Waals surface area contributed by atoms with E-state index in [1.807, 2.05) is 4.72 Å². The van der Waals surface area contributed by atoms with Gasteiger partial charge in [-0.05, 0) is 36.8 Å². The number of sulfonamides is 1. The highest BCUT2D eigenvalue weighted by Gasteiger charge is 2.39. The Morgan fingerprint density at radius 3 is 2.34 bits per heavy atom. The fourth-order valence-electron chi connectivity index (χ4n) is 3.29. The molecular formula is C22H21F4N5O3S. The fraction of sp³-hybridized carbons (Fsp3) is 0.227. The van der Waals surface area contributed by atoms with Gasteiger partial charge in [-0.1, -0.05) is 12.1 Å². The maximum atomic E-state index is 13.6. The molecule has 0 atom stereocenters. The molecule has 0 unspecified atom stereocenters.